The lowest BCUT2D eigenvalue weighted by Gasteiger charge is -2.35. The second-order valence-electron chi connectivity index (χ2n) is 9.36. The van der Waals surface area contributed by atoms with Crippen molar-refractivity contribution in [3.8, 4) is 11.3 Å². The Labute approximate surface area is 221 Å². The van der Waals surface area contributed by atoms with E-state index in [1.807, 2.05) is 47.4 Å². The second-order valence-corrected chi connectivity index (χ2v) is 9.36. The summed E-state index contributed by atoms with van der Waals surface area (Å²) < 4.78 is 0. The molecule has 186 valence electrons. The minimum atomic E-state index is -0.144. The number of rotatable bonds is 5. The molecule has 1 amide bonds. The SMILES string of the molecule is O=C(c1ccccc1)c1ccccc1C(=O)N1CCN(c2ccc(-c3ccc4ccccc4c3)nn2)CC1. The molecule has 1 saturated heterocycles. The fourth-order valence-corrected chi connectivity index (χ4v) is 4.92. The van der Waals surface area contributed by atoms with Gasteiger partial charge < -0.3 is 9.80 Å². The fraction of sp³-hybridized carbons (Fsp3) is 0.125. The molecule has 5 aromatic rings. The van der Waals surface area contributed by atoms with Gasteiger partial charge in [0.05, 0.1) is 11.3 Å². The number of carbonyl (C=O) groups excluding carboxylic acids is 2. The quantitative estimate of drug-likeness (QED) is 0.300. The van der Waals surface area contributed by atoms with E-state index in [2.05, 4.69) is 45.4 Å². The van der Waals surface area contributed by atoms with Crippen LogP contribution in [0.2, 0.25) is 0 Å². The van der Waals surface area contributed by atoms with E-state index in [4.69, 9.17) is 0 Å². The summed E-state index contributed by atoms with van der Waals surface area (Å²) in [5, 5.41) is 11.3. The Bertz CT molecular complexity index is 1610. The number of aromatic nitrogens is 2. The molecule has 1 aliphatic heterocycles. The van der Waals surface area contributed by atoms with Gasteiger partial charge in [0.15, 0.2) is 11.6 Å². The third kappa shape index (κ3) is 4.64. The van der Waals surface area contributed by atoms with Crippen LogP contribution in [0.5, 0.6) is 0 Å². The van der Waals surface area contributed by atoms with E-state index in [1.165, 1.54) is 10.8 Å². The first-order valence-corrected chi connectivity index (χ1v) is 12.7. The zero-order valence-corrected chi connectivity index (χ0v) is 20.8. The molecule has 0 spiro atoms. The van der Waals surface area contributed by atoms with Crippen LogP contribution in [0.25, 0.3) is 22.0 Å². The number of amides is 1. The van der Waals surface area contributed by atoms with E-state index in [9.17, 15) is 9.59 Å². The van der Waals surface area contributed by atoms with Crippen LogP contribution in [0, 0.1) is 0 Å². The molecule has 6 rings (SSSR count). The molecule has 0 atom stereocenters. The Balaban J connectivity index is 1.13. The Morgan fingerprint density at radius 3 is 2.03 bits per heavy atom. The highest BCUT2D eigenvalue weighted by Crippen LogP contribution is 2.24. The predicted octanol–water partition coefficient (Wildman–Crippen LogP) is 5.49. The number of nitrogens with zero attached hydrogens (tertiary/aromatic N) is 4. The molecule has 0 bridgehead atoms. The van der Waals surface area contributed by atoms with Gasteiger partial charge in [-0.2, -0.15) is 0 Å². The standard InChI is InChI=1S/C32H26N4O2/c37-31(24-9-2-1-3-10-24)27-12-6-7-13-28(27)32(38)36-20-18-35(19-21-36)30-17-16-29(33-34-30)26-15-14-23-8-4-5-11-25(23)22-26/h1-17,22H,18-21H2. The molecule has 0 saturated carbocycles. The molecule has 1 fully saturated rings. The first kappa shape index (κ1) is 23.6. The lowest BCUT2D eigenvalue weighted by atomic mass is 9.97. The average Bonchev–Trinajstić information content (AvgIpc) is 3.01. The van der Waals surface area contributed by atoms with E-state index in [-0.39, 0.29) is 11.7 Å². The monoisotopic (exact) mass is 498 g/mol. The second kappa shape index (κ2) is 10.3. The van der Waals surface area contributed by atoms with Crippen molar-refractivity contribution in [1.82, 2.24) is 15.1 Å². The smallest absolute Gasteiger partial charge is 0.254 e. The summed E-state index contributed by atoms with van der Waals surface area (Å²) >= 11 is 0. The van der Waals surface area contributed by atoms with E-state index < -0.39 is 0 Å². The molecule has 6 heteroatoms. The molecular weight excluding hydrogens is 472 g/mol. The normalized spacial score (nSPS) is 13.5. The topological polar surface area (TPSA) is 66.4 Å². The highest BCUT2D eigenvalue weighted by atomic mass is 16.2. The summed E-state index contributed by atoms with van der Waals surface area (Å²) in [5.41, 5.74) is 3.30. The van der Waals surface area contributed by atoms with Gasteiger partial charge in [-0.1, -0.05) is 84.9 Å². The van der Waals surface area contributed by atoms with E-state index in [1.54, 1.807) is 36.4 Å². The predicted molar refractivity (Wildman–Crippen MR) is 149 cm³/mol. The zero-order chi connectivity index (χ0) is 25.9. The summed E-state index contributed by atoms with van der Waals surface area (Å²) in [5.74, 6) is 0.526. The average molecular weight is 499 g/mol. The van der Waals surface area contributed by atoms with Crippen molar-refractivity contribution in [2.75, 3.05) is 31.1 Å². The first-order valence-electron chi connectivity index (χ1n) is 12.7. The number of piperazine rings is 1. The minimum Gasteiger partial charge on any atom is -0.352 e. The summed E-state index contributed by atoms with van der Waals surface area (Å²) in [4.78, 5) is 30.5. The summed E-state index contributed by atoms with van der Waals surface area (Å²) in [6.07, 6.45) is 0. The highest BCUT2D eigenvalue weighted by molar-refractivity contribution is 6.15. The van der Waals surface area contributed by atoms with Crippen LogP contribution >= 0.6 is 0 Å². The Hall–Kier alpha value is -4.84. The lowest BCUT2D eigenvalue weighted by Crippen LogP contribution is -2.49. The lowest BCUT2D eigenvalue weighted by molar-refractivity contribution is 0.0742. The van der Waals surface area contributed by atoms with Crippen molar-refractivity contribution in [2.45, 2.75) is 0 Å². The Morgan fingerprint density at radius 2 is 1.29 bits per heavy atom. The highest BCUT2D eigenvalue weighted by Gasteiger charge is 2.26. The first-order chi connectivity index (χ1) is 18.7. The molecule has 0 N–H and O–H groups in total. The zero-order valence-electron chi connectivity index (χ0n) is 20.8. The largest absolute Gasteiger partial charge is 0.352 e. The van der Waals surface area contributed by atoms with Crippen LogP contribution in [-0.2, 0) is 0 Å². The maximum Gasteiger partial charge on any atom is 0.254 e. The summed E-state index contributed by atoms with van der Waals surface area (Å²) in [7, 11) is 0. The van der Waals surface area contributed by atoms with Crippen molar-refractivity contribution in [2.24, 2.45) is 0 Å². The van der Waals surface area contributed by atoms with Gasteiger partial charge in [0.25, 0.3) is 5.91 Å². The Kier molecular flexibility index (Phi) is 6.36. The van der Waals surface area contributed by atoms with Gasteiger partial charge in [-0.15, -0.1) is 10.2 Å². The maximum absolute atomic E-state index is 13.4. The van der Waals surface area contributed by atoms with Gasteiger partial charge in [0.2, 0.25) is 0 Å². The maximum atomic E-state index is 13.4. The molecule has 2 heterocycles. The van der Waals surface area contributed by atoms with Crippen molar-refractivity contribution in [3.05, 3.63) is 126 Å². The third-order valence-corrected chi connectivity index (χ3v) is 7.02. The summed E-state index contributed by atoms with van der Waals surface area (Å²) in [6, 6.07) is 34.7. The number of ketones is 1. The van der Waals surface area contributed by atoms with Crippen molar-refractivity contribution < 1.29 is 9.59 Å². The van der Waals surface area contributed by atoms with Crippen LogP contribution in [0.15, 0.2) is 109 Å². The van der Waals surface area contributed by atoms with Gasteiger partial charge in [-0.3, -0.25) is 9.59 Å². The molecule has 0 radical (unpaired) electrons. The summed E-state index contributed by atoms with van der Waals surface area (Å²) in [6.45, 7) is 2.37. The van der Waals surface area contributed by atoms with Crippen molar-refractivity contribution >= 4 is 28.3 Å². The van der Waals surface area contributed by atoms with Crippen LogP contribution in [0.1, 0.15) is 26.3 Å². The molecule has 1 aliphatic rings. The van der Waals surface area contributed by atoms with Gasteiger partial charge in [0.1, 0.15) is 0 Å². The molecular formula is C32H26N4O2. The number of benzene rings is 4. The molecule has 38 heavy (non-hydrogen) atoms. The number of fused-ring (bicyclic) bond motifs is 1. The van der Waals surface area contributed by atoms with Gasteiger partial charge in [0, 0.05) is 42.9 Å². The van der Waals surface area contributed by atoms with Crippen molar-refractivity contribution in [3.63, 3.8) is 0 Å². The third-order valence-electron chi connectivity index (χ3n) is 7.02. The molecule has 6 nitrogen and oxygen atoms in total. The minimum absolute atomic E-state index is 0.123. The number of anilines is 1. The molecule has 0 unspecified atom stereocenters. The Morgan fingerprint density at radius 1 is 0.605 bits per heavy atom. The number of carbonyl (C=O) groups is 2. The van der Waals surface area contributed by atoms with E-state index in [0.717, 1.165) is 17.1 Å². The van der Waals surface area contributed by atoms with Gasteiger partial charge in [-0.05, 0) is 35.0 Å². The van der Waals surface area contributed by atoms with Crippen LogP contribution in [0.3, 0.4) is 0 Å². The molecule has 1 aromatic heterocycles. The van der Waals surface area contributed by atoms with Gasteiger partial charge in [-0.25, -0.2) is 0 Å². The van der Waals surface area contributed by atoms with E-state index >= 15 is 0 Å². The fourth-order valence-electron chi connectivity index (χ4n) is 4.92. The van der Waals surface area contributed by atoms with Crippen LogP contribution in [-0.4, -0.2) is 53.0 Å². The van der Waals surface area contributed by atoms with Crippen LogP contribution in [0.4, 0.5) is 5.82 Å². The molecule has 0 aliphatic carbocycles. The van der Waals surface area contributed by atoms with Crippen molar-refractivity contribution in [1.29, 1.82) is 0 Å². The molecule has 4 aromatic carbocycles. The van der Waals surface area contributed by atoms with E-state index in [0.29, 0.717) is 42.9 Å². The number of hydrogen-bond acceptors (Lipinski definition) is 5. The number of hydrogen-bond donors (Lipinski definition) is 0. The van der Waals surface area contributed by atoms with Crippen LogP contribution < -0.4 is 4.90 Å². The van der Waals surface area contributed by atoms with Gasteiger partial charge >= 0.3 is 0 Å².